The minimum atomic E-state index is -0.664. The van der Waals surface area contributed by atoms with Crippen molar-refractivity contribution in [2.75, 3.05) is 6.61 Å². The van der Waals surface area contributed by atoms with Crippen molar-refractivity contribution in [1.82, 2.24) is 0 Å². The van der Waals surface area contributed by atoms with Crippen LogP contribution in [0, 0.1) is 17.6 Å². The molecule has 0 radical (unpaired) electrons. The standard InChI is InChI=1S/C25H31F2NO3/c1-17-24(30-14-6-9-18-7-3-2-4-8-18)20(10-5-11-23(28)25(29)31-17)15-19-12-13-21(26)16-22(19)27/h2-4,7-8,12-13,16-17,20,23-24H,5-6,9-11,14-15,28H2,1H3/t17-,20+,23-,24-/m0/s1. The first-order valence-electron chi connectivity index (χ1n) is 11.0. The number of ether oxygens (including phenoxy) is 2. The Morgan fingerprint density at radius 2 is 1.90 bits per heavy atom. The number of esters is 1. The molecular formula is C25H31F2NO3. The normalized spacial score (nSPS) is 24.7. The summed E-state index contributed by atoms with van der Waals surface area (Å²) in [6.07, 6.45) is 3.11. The van der Waals surface area contributed by atoms with Gasteiger partial charge in [-0.3, -0.25) is 4.79 Å². The van der Waals surface area contributed by atoms with Crippen LogP contribution in [0.25, 0.3) is 0 Å². The summed E-state index contributed by atoms with van der Waals surface area (Å²) in [6.45, 7) is 2.29. The molecule has 168 valence electrons. The number of rotatable bonds is 7. The Kier molecular flexibility index (Phi) is 8.55. The fourth-order valence-electron chi connectivity index (χ4n) is 4.20. The highest BCUT2D eigenvalue weighted by molar-refractivity contribution is 5.75. The van der Waals surface area contributed by atoms with Gasteiger partial charge < -0.3 is 15.2 Å². The van der Waals surface area contributed by atoms with Crippen LogP contribution in [0.1, 0.15) is 43.7 Å². The number of cyclic esters (lactones) is 1. The molecule has 1 aliphatic heterocycles. The van der Waals surface area contributed by atoms with Gasteiger partial charge in [0, 0.05) is 12.7 Å². The first kappa shape index (κ1) is 23.4. The van der Waals surface area contributed by atoms with E-state index in [0.29, 0.717) is 31.4 Å². The Hall–Kier alpha value is -2.31. The van der Waals surface area contributed by atoms with E-state index in [4.69, 9.17) is 15.2 Å². The molecule has 6 heteroatoms. The summed E-state index contributed by atoms with van der Waals surface area (Å²) in [4.78, 5) is 12.2. The highest BCUT2D eigenvalue weighted by Gasteiger charge is 2.33. The summed E-state index contributed by atoms with van der Waals surface area (Å²) >= 11 is 0. The maximum absolute atomic E-state index is 14.3. The second kappa shape index (κ2) is 11.3. The Bertz CT molecular complexity index is 846. The van der Waals surface area contributed by atoms with Gasteiger partial charge in [-0.2, -0.15) is 0 Å². The molecule has 0 bridgehead atoms. The first-order valence-corrected chi connectivity index (χ1v) is 11.0. The second-order valence-corrected chi connectivity index (χ2v) is 8.30. The number of nitrogens with two attached hydrogens (primary N) is 1. The molecule has 4 nitrogen and oxygen atoms in total. The van der Waals surface area contributed by atoms with Crippen molar-refractivity contribution in [3.63, 3.8) is 0 Å². The highest BCUT2D eigenvalue weighted by Crippen LogP contribution is 2.28. The van der Waals surface area contributed by atoms with Gasteiger partial charge in [0.2, 0.25) is 0 Å². The molecule has 3 rings (SSSR count). The first-order chi connectivity index (χ1) is 14.9. The van der Waals surface area contributed by atoms with Gasteiger partial charge in [-0.1, -0.05) is 42.8 Å². The minimum Gasteiger partial charge on any atom is -0.459 e. The largest absolute Gasteiger partial charge is 0.459 e. The van der Waals surface area contributed by atoms with Crippen LogP contribution < -0.4 is 5.73 Å². The van der Waals surface area contributed by atoms with Gasteiger partial charge in [0.1, 0.15) is 23.8 Å². The average Bonchev–Trinajstić information content (AvgIpc) is 2.79. The van der Waals surface area contributed by atoms with Gasteiger partial charge in [0.05, 0.1) is 6.10 Å². The third-order valence-corrected chi connectivity index (χ3v) is 5.88. The van der Waals surface area contributed by atoms with Crippen molar-refractivity contribution in [3.8, 4) is 0 Å². The molecule has 0 saturated carbocycles. The van der Waals surface area contributed by atoms with Crippen LogP contribution in [-0.2, 0) is 27.1 Å². The van der Waals surface area contributed by atoms with Crippen molar-refractivity contribution in [1.29, 1.82) is 0 Å². The van der Waals surface area contributed by atoms with Crippen LogP contribution in [0.15, 0.2) is 48.5 Å². The van der Waals surface area contributed by atoms with Gasteiger partial charge in [-0.05, 0) is 62.1 Å². The smallest absolute Gasteiger partial charge is 0.323 e. The molecule has 0 spiro atoms. The van der Waals surface area contributed by atoms with Crippen LogP contribution in [0.4, 0.5) is 8.78 Å². The van der Waals surface area contributed by atoms with Gasteiger partial charge in [0.25, 0.3) is 0 Å². The minimum absolute atomic E-state index is 0.0789. The van der Waals surface area contributed by atoms with E-state index in [-0.39, 0.29) is 5.92 Å². The highest BCUT2D eigenvalue weighted by atomic mass is 19.1. The monoisotopic (exact) mass is 431 g/mol. The topological polar surface area (TPSA) is 61.5 Å². The Morgan fingerprint density at radius 3 is 2.65 bits per heavy atom. The molecule has 0 amide bonds. The predicted molar refractivity (Wildman–Crippen MR) is 115 cm³/mol. The quantitative estimate of drug-likeness (QED) is 0.515. The summed E-state index contributed by atoms with van der Waals surface area (Å²) in [5.41, 5.74) is 7.60. The molecular weight excluding hydrogens is 400 g/mol. The molecule has 4 atom stereocenters. The molecule has 2 N–H and O–H groups in total. The van der Waals surface area contributed by atoms with Crippen LogP contribution in [0.2, 0.25) is 0 Å². The van der Waals surface area contributed by atoms with Crippen molar-refractivity contribution in [2.24, 2.45) is 11.7 Å². The molecule has 1 fully saturated rings. The van der Waals surface area contributed by atoms with E-state index in [1.54, 1.807) is 6.92 Å². The number of carbonyl (C=O) groups is 1. The van der Waals surface area contributed by atoms with Crippen molar-refractivity contribution in [3.05, 3.63) is 71.3 Å². The SMILES string of the molecule is C[C@@H]1OC(=O)[C@@H](N)CCC[C@H](Cc2ccc(F)cc2F)[C@H]1OCCCc1ccccc1. The zero-order valence-corrected chi connectivity index (χ0v) is 17.9. The van der Waals surface area contributed by atoms with Crippen molar-refractivity contribution < 1.29 is 23.0 Å². The van der Waals surface area contributed by atoms with E-state index in [0.717, 1.165) is 25.3 Å². The average molecular weight is 432 g/mol. The van der Waals surface area contributed by atoms with E-state index in [9.17, 15) is 13.6 Å². The van der Waals surface area contributed by atoms with E-state index < -0.39 is 35.9 Å². The van der Waals surface area contributed by atoms with E-state index in [1.807, 2.05) is 18.2 Å². The van der Waals surface area contributed by atoms with E-state index >= 15 is 0 Å². The summed E-state index contributed by atoms with van der Waals surface area (Å²) in [6, 6.07) is 13.1. The van der Waals surface area contributed by atoms with Gasteiger partial charge in [-0.25, -0.2) is 8.78 Å². The maximum Gasteiger partial charge on any atom is 0.323 e. The van der Waals surface area contributed by atoms with E-state index in [1.165, 1.54) is 17.7 Å². The molecule has 0 aromatic heterocycles. The molecule has 2 aromatic carbocycles. The number of hydrogen-bond acceptors (Lipinski definition) is 4. The number of carbonyl (C=O) groups excluding carboxylic acids is 1. The number of hydrogen-bond donors (Lipinski definition) is 1. The lowest BCUT2D eigenvalue weighted by Gasteiger charge is -2.31. The summed E-state index contributed by atoms with van der Waals surface area (Å²) in [7, 11) is 0. The second-order valence-electron chi connectivity index (χ2n) is 8.30. The Balaban J connectivity index is 1.71. The lowest BCUT2D eigenvalue weighted by molar-refractivity contribution is -0.160. The molecule has 1 saturated heterocycles. The molecule has 31 heavy (non-hydrogen) atoms. The number of benzene rings is 2. The van der Waals surface area contributed by atoms with Crippen LogP contribution in [0.3, 0.4) is 0 Å². The summed E-state index contributed by atoms with van der Waals surface area (Å²) in [5.74, 6) is -1.68. The lowest BCUT2D eigenvalue weighted by Crippen LogP contribution is -2.41. The van der Waals surface area contributed by atoms with Crippen LogP contribution in [0.5, 0.6) is 0 Å². The van der Waals surface area contributed by atoms with Gasteiger partial charge >= 0.3 is 5.97 Å². The third kappa shape index (κ3) is 6.84. The lowest BCUT2D eigenvalue weighted by atomic mass is 9.86. The third-order valence-electron chi connectivity index (χ3n) is 5.88. The van der Waals surface area contributed by atoms with Gasteiger partial charge in [0.15, 0.2) is 0 Å². The van der Waals surface area contributed by atoms with E-state index in [2.05, 4.69) is 12.1 Å². The van der Waals surface area contributed by atoms with Crippen molar-refractivity contribution >= 4 is 5.97 Å². The number of aryl methyl sites for hydroxylation is 1. The summed E-state index contributed by atoms with van der Waals surface area (Å²) < 4.78 is 39.5. The fraction of sp³-hybridized carbons (Fsp3) is 0.480. The van der Waals surface area contributed by atoms with Gasteiger partial charge in [-0.15, -0.1) is 0 Å². The molecule has 1 aliphatic rings. The summed E-state index contributed by atoms with van der Waals surface area (Å²) in [5, 5.41) is 0. The maximum atomic E-state index is 14.3. The number of halogens is 2. The molecule has 0 aliphatic carbocycles. The molecule has 0 unspecified atom stereocenters. The Labute approximate surface area is 182 Å². The predicted octanol–water partition coefficient (Wildman–Crippen LogP) is 4.58. The van der Waals surface area contributed by atoms with Crippen LogP contribution in [-0.4, -0.2) is 30.8 Å². The zero-order valence-electron chi connectivity index (χ0n) is 17.9. The zero-order chi connectivity index (χ0) is 22.2. The molecule has 1 heterocycles. The Morgan fingerprint density at radius 1 is 1.13 bits per heavy atom. The molecule has 2 aromatic rings. The fourth-order valence-corrected chi connectivity index (χ4v) is 4.20. The van der Waals surface area contributed by atoms with Crippen LogP contribution >= 0.6 is 0 Å². The van der Waals surface area contributed by atoms with Crippen molar-refractivity contribution in [2.45, 2.75) is 63.7 Å².